The molecular formula is C22H26FN3O4S. The molecule has 2 heterocycles. The first-order valence-corrected chi connectivity index (χ1v) is 11.8. The fourth-order valence-electron chi connectivity index (χ4n) is 4.08. The van der Waals surface area contributed by atoms with Gasteiger partial charge in [-0.2, -0.15) is 4.31 Å². The van der Waals surface area contributed by atoms with E-state index in [1.807, 2.05) is 0 Å². The van der Waals surface area contributed by atoms with Crippen LogP contribution in [0.4, 0.5) is 10.1 Å². The summed E-state index contributed by atoms with van der Waals surface area (Å²) in [5, 5.41) is 0. The topological polar surface area (TPSA) is 70.2 Å². The molecule has 0 N–H and O–H groups in total. The monoisotopic (exact) mass is 447 g/mol. The van der Waals surface area contributed by atoms with E-state index in [1.54, 1.807) is 29.2 Å². The Bertz CT molecular complexity index is 1040. The van der Waals surface area contributed by atoms with E-state index >= 15 is 0 Å². The number of benzene rings is 2. The Morgan fingerprint density at radius 1 is 0.935 bits per heavy atom. The lowest BCUT2D eigenvalue weighted by Gasteiger charge is -2.36. The zero-order valence-electron chi connectivity index (χ0n) is 17.5. The van der Waals surface area contributed by atoms with Crippen LogP contribution in [0.15, 0.2) is 47.4 Å². The third-order valence-corrected chi connectivity index (χ3v) is 7.77. The van der Waals surface area contributed by atoms with Crippen molar-refractivity contribution in [3.8, 4) is 5.75 Å². The number of carbonyl (C=O) groups is 1. The van der Waals surface area contributed by atoms with Crippen LogP contribution < -0.4 is 9.64 Å². The standard InChI is InChI=1S/C22H26FN3O4S/c1-30-20-9-4-17(16-21(20)31(28,29)26-10-2-3-11-26)22(27)25-14-12-24(13-15-25)19-7-5-18(23)6-8-19/h4-9,16H,2-3,10-15H2,1H3. The maximum absolute atomic E-state index is 13.2. The molecule has 0 saturated carbocycles. The third-order valence-electron chi connectivity index (χ3n) is 5.85. The summed E-state index contributed by atoms with van der Waals surface area (Å²) in [5.74, 6) is -0.249. The van der Waals surface area contributed by atoms with E-state index in [0.29, 0.717) is 44.8 Å². The van der Waals surface area contributed by atoms with Gasteiger partial charge in [0.15, 0.2) is 0 Å². The Labute approximate surface area is 182 Å². The molecule has 7 nitrogen and oxygen atoms in total. The molecule has 31 heavy (non-hydrogen) atoms. The second kappa shape index (κ2) is 8.84. The van der Waals surface area contributed by atoms with Crippen LogP contribution in [0.5, 0.6) is 5.75 Å². The van der Waals surface area contributed by atoms with Crippen LogP contribution in [0, 0.1) is 5.82 Å². The van der Waals surface area contributed by atoms with Crippen molar-refractivity contribution in [2.45, 2.75) is 17.7 Å². The number of anilines is 1. The van der Waals surface area contributed by atoms with Gasteiger partial charge >= 0.3 is 0 Å². The summed E-state index contributed by atoms with van der Waals surface area (Å²) in [6.45, 7) is 3.19. The first-order valence-electron chi connectivity index (χ1n) is 10.4. The molecule has 0 unspecified atom stereocenters. The van der Waals surface area contributed by atoms with Crippen molar-refractivity contribution >= 4 is 21.6 Å². The number of sulfonamides is 1. The molecule has 1 amide bonds. The van der Waals surface area contributed by atoms with E-state index in [-0.39, 0.29) is 22.4 Å². The van der Waals surface area contributed by atoms with Crippen LogP contribution in [0.3, 0.4) is 0 Å². The minimum atomic E-state index is -3.72. The lowest BCUT2D eigenvalue weighted by molar-refractivity contribution is 0.0746. The van der Waals surface area contributed by atoms with Crippen molar-refractivity contribution in [2.75, 3.05) is 51.3 Å². The van der Waals surface area contributed by atoms with Gasteiger partial charge in [-0.1, -0.05) is 0 Å². The fraction of sp³-hybridized carbons (Fsp3) is 0.409. The first-order chi connectivity index (χ1) is 14.9. The van der Waals surface area contributed by atoms with E-state index in [9.17, 15) is 17.6 Å². The summed E-state index contributed by atoms with van der Waals surface area (Å²) in [5.41, 5.74) is 1.24. The average molecular weight is 448 g/mol. The zero-order valence-corrected chi connectivity index (χ0v) is 18.3. The van der Waals surface area contributed by atoms with Crippen LogP contribution in [0.1, 0.15) is 23.2 Å². The van der Waals surface area contributed by atoms with Gasteiger partial charge < -0.3 is 14.5 Å². The maximum atomic E-state index is 13.2. The number of nitrogens with zero attached hydrogens (tertiary/aromatic N) is 3. The highest BCUT2D eigenvalue weighted by Gasteiger charge is 2.31. The summed E-state index contributed by atoms with van der Waals surface area (Å²) in [6, 6.07) is 10.9. The number of piperazine rings is 1. The minimum Gasteiger partial charge on any atom is -0.495 e. The van der Waals surface area contributed by atoms with Gasteiger partial charge in [0, 0.05) is 50.5 Å². The van der Waals surface area contributed by atoms with E-state index < -0.39 is 10.0 Å². The number of hydrogen-bond acceptors (Lipinski definition) is 5. The van der Waals surface area contributed by atoms with Gasteiger partial charge in [-0.25, -0.2) is 12.8 Å². The van der Waals surface area contributed by atoms with Gasteiger partial charge in [-0.3, -0.25) is 4.79 Å². The van der Waals surface area contributed by atoms with Crippen molar-refractivity contribution < 1.29 is 22.3 Å². The number of carbonyl (C=O) groups excluding carboxylic acids is 1. The molecule has 166 valence electrons. The molecule has 2 aliphatic heterocycles. The van der Waals surface area contributed by atoms with E-state index in [0.717, 1.165) is 18.5 Å². The average Bonchev–Trinajstić information content (AvgIpc) is 3.35. The van der Waals surface area contributed by atoms with Gasteiger partial charge in [0.2, 0.25) is 10.0 Å². The Balaban J connectivity index is 1.51. The van der Waals surface area contributed by atoms with Crippen molar-refractivity contribution in [1.82, 2.24) is 9.21 Å². The molecule has 2 saturated heterocycles. The van der Waals surface area contributed by atoms with Gasteiger partial charge in [-0.15, -0.1) is 0 Å². The van der Waals surface area contributed by atoms with Crippen molar-refractivity contribution in [3.63, 3.8) is 0 Å². The van der Waals surface area contributed by atoms with Gasteiger partial charge in [0.1, 0.15) is 16.5 Å². The molecule has 4 rings (SSSR count). The highest BCUT2D eigenvalue weighted by Crippen LogP contribution is 2.30. The highest BCUT2D eigenvalue weighted by atomic mass is 32.2. The van der Waals surface area contributed by atoms with Gasteiger partial charge in [-0.05, 0) is 55.3 Å². The number of methoxy groups -OCH3 is 1. The quantitative estimate of drug-likeness (QED) is 0.705. The predicted molar refractivity (Wildman–Crippen MR) is 116 cm³/mol. The molecule has 2 aromatic rings. The molecule has 0 aromatic heterocycles. The molecule has 0 bridgehead atoms. The molecule has 2 fully saturated rings. The van der Waals surface area contributed by atoms with Crippen LogP contribution in [-0.4, -0.2) is 69.9 Å². The summed E-state index contributed by atoms with van der Waals surface area (Å²) in [4.78, 5) is 16.9. The molecule has 9 heteroatoms. The normalized spacial score (nSPS) is 17.7. The Morgan fingerprint density at radius 2 is 1.58 bits per heavy atom. The highest BCUT2D eigenvalue weighted by molar-refractivity contribution is 7.89. The molecule has 0 atom stereocenters. The summed E-state index contributed by atoms with van der Waals surface area (Å²) in [6.07, 6.45) is 1.66. The smallest absolute Gasteiger partial charge is 0.254 e. The molecule has 0 aliphatic carbocycles. The van der Waals surface area contributed by atoms with Crippen molar-refractivity contribution in [1.29, 1.82) is 0 Å². The van der Waals surface area contributed by atoms with E-state index in [1.165, 1.54) is 29.6 Å². The maximum Gasteiger partial charge on any atom is 0.254 e. The van der Waals surface area contributed by atoms with E-state index in [4.69, 9.17) is 4.74 Å². The third kappa shape index (κ3) is 4.38. The molecule has 0 radical (unpaired) electrons. The molecular weight excluding hydrogens is 421 g/mol. The second-order valence-corrected chi connectivity index (χ2v) is 9.64. The van der Waals surface area contributed by atoms with Crippen LogP contribution >= 0.6 is 0 Å². The van der Waals surface area contributed by atoms with Gasteiger partial charge in [0.05, 0.1) is 7.11 Å². The van der Waals surface area contributed by atoms with Gasteiger partial charge in [0.25, 0.3) is 5.91 Å². The van der Waals surface area contributed by atoms with Crippen LogP contribution in [0.25, 0.3) is 0 Å². The lowest BCUT2D eigenvalue weighted by atomic mass is 10.1. The minimum absolute atomic E-state index is 0.0349. The number of amides is 1. The number of ether oxygens (including phenoxy) is 1. The summed E-state index contributed by atoms with van der Waals surface area (Å²) < 4.78 is 46.0. The lowest BCUT2D eigenvalue weighted by Crippen LogP contribution is -2.48. The molecule has 2 aliphatic rings. The summed E-state index contributed by atoms with van der Waals surface area (Å²) in [7, 11) is -2.29. The number of halogens is 1. The molecule has 0 spiro atoms. The zero-order chi connectivity index (χ0) is 22.0. The van der Waals surface area contributed by atoms with E-state index in [2.05, 4.69) is 4.90 Å². The number of rotatable bonds is 5. The predicted octanol–water partition coefficient (Wildman–Crippen LogP) is 2.58. The Morgan fingerprint density at radius 3 is 2.19 bits per heavy atom. The molecule has 2 aromatic carbocycles. The van der Waals surface area contributed by atoms with Crippen molar-refractivity contribution in [2.24, 2.45) is 0 Å². The number of hydrogen-bond donors (Lipinski definition) is 0. The van der Waals surface area contributed by atoms with Crippen LogP contribution in [0.2, 0.25) is 0 Å². The first kappa shape index (κ1) is 21.6. The van der Waals surface area contributed by atoms with Crippen LogP contribution in [-0.2, 0) is 10.0 Å². The summed E-state index contributed by atoms with van der Waals surface area (Å²) >= 11 is 0. The SMILES string of the molecule is COc1ccc(C(=O)N2CCN(c3ccc(F)cc3)CC2)cc1S(=O)(=O)N1CCCC1. The Kier molecular flexibility index (Phi) is 6.15. The second-order valence-electron chi connectivity index (χ2n) is 7.73. The fourth-order valence-corrected chi connectivity index (χ4v) is 5.78. The Hall–Kier alpha value is -2.65. The largest absolute Gasteiger partial charge is 0.495 e. The van der Waals surface area contributed by atoms with Crippen molar-refractivity contribution in [3.05, 3.63) is 53.8 Å².